The third-order valence-electron chi connectivity index (χ3n) is 5.51. The van der Waals surface area contributed by atoms with Gasteiger partial charge in [0.1, 0.15) is 0 Å². The van der Waals surface area contributed by atoms with Gasteiger partial charge in [-0.05, 0) is 36.7 Å². The minimum Gasteiger partial charge on any atom is -0.327 e. The van der Waals surface area contributed by atoms with Gasteiger partial charge in [0.15, 0.2) is 0 Å². The molecule has 22 heavy (non-hydrogen) atoms. The van der Waals surface area contributed by atoms with Gasteiger partial charge in [-0.2, -0.15) is 0 Å². The van der Waals surface area contributed by atoms with Crippen LogP contribution in [-0.4, -0.2) is 48.6 Å². The molecule has 2 fully saturated rings. The summed E-state index contributed by atoms with van der Waals surface area (Å²) in [5, 5.41) is 0. The van der Waals surface area contributed by atoms with Crippen LogP contribution in [0.4, 0.5) is 0 Å². The number of nitrogens with two attached hydrogens (primary N) is 1. The maximum Gasteiger partial charge on any atom is 0.0234 e. The van der Waals surface area contributed by atoms with Crippen LogP contribution in [0.25, 0.3) is 0 Å². The Morgan fingerprint density at radius 1 is 1.00 bits per heavy atom. The quantitative estimate of drug-likeness (QED) is 0.928. The van der Waals surface area contributed by atoms with E-state index in [2.05, 4.69) is 47.1 Å². The fraction of sp³-hybridized carbons (Fsp3) is 0.684. The predicted octanol–water partition coefficient (Wildman–Crippen LogP) is 2.57. The van der Waals surface area contributed by atoms with Crippen LogP contribution in [-0.2, 0) is 6.54 Å². The molecule has 3 atom stereocenters. The molecule has 3 heteroatoms. The van der Waals surface area contributed by atoms with E-state index < -0.39 is 0 Å². The number of piperazine rings is 1. The number of hydrogen-bond acceptors (Lipinski definition) is 3. The largest absolute Gasteiger partial charge is 0.327 e. The van der Waals surface area contributed by atoms with Gasteiger partial charge >= 0.3 is 0 Å². The van der Waals surface area contributed by atoms with Gasteiger partial charge in [-0.1, -0.05) is 37.3 Å². The lowest BCUT2D eigenvalue weighted by Gasteiger charge is -2.40. The summed E-state index contributed by atoms with van der Waals surface area (Å²) < 4.78 is 0. The Bertz CT molecular complexity index is 439. The van der Waals surface area contributed by atoms with Crippen molar-refractivity contribution in [1.82, 2.24) is 9.80 Å². The standard InChI is InChI=1S/C19H31N3/c1-16-7-8-19(20)18(13-16)15-22-11-9-21(10-12-22)14-17-5-3-2-4-6-17/h2-6,16,18-19H,7-15,20H2,1H3. The molecule has 0 radical (unpaired) electrons. The van der Waals surface area contributed by atoms with E-state index in [1.807, 2.05) is 0 Å². The number of rotatable bonds is 4. The second kappa shape index (κ2) is 7.58. The Kier molecular flexibility index (Phi) is 5.51. The molecule has 122 valence electrons. The lowest BCUT2D eigenvalue weighted by Crippen LogP contribution is -2.50. The van der Waals surface area contributed by atoms with Gasteiger partial charge in [0.2, 0.25) is 0 Å². The summed E-state index contributed by atoms with van der Waals surface area (Å²) in [7, 11) is 0. The highest BCUT2D eigenvalue weighted by Gasteiger charge is 2.28. The third kappa shape index (κ3) is 4.31. The van der Waals surface area contributed by atoms with E-state index in [-0.39, 0.29) is 0 Å². The van der Waals surface area contributed by atoms with Crippen LogP contribution in [0.1, 0.15) is 31.7 Å². The summed E-state index contributed by atoms with van der Waals surface area (Å²) in [5.74, 6) is 1.58. The van der Waals surface area contributed by atoms with Crippen molar-refractivity contribution in [3.05, 3.63) is 35.9 Å². The fourth-order valence-corrected chi connectivity index (χ4v) is 4.04. The topological polar surface area (TPSA) is 32.5 Å². The Morgan fingerprint density at radius 3 is 2.41 bits per heavy atom. The summed E-state index contributed by atoms with van der Waals surface area (Å²) in [4.78, 5) is 5.22. The van der Waals surface area contributed by atoms with Crippen LogP contribution in [0, 0.1) is 11.8 Å². The Labute approximate surface area is 135 Å². The first-order valence-corrected chi connectivity index (χ1v) is 8.95. The molecular weight excluding hydrogens is 270 g/mol. The number of benzene rings is 1. The Morgan fingerprint density at radius 2 is 1.68 bits per heavy atom. The Hall–Kier alpha value is -0.900. The molecule has 1 aromatic carbocycles. The van der Waals surface area contributed by atoms with E-state index in [1.165, 1.54) is 57.5 Å². The van der Waals surface area contributed by atoms with Gasteiger partial charge in [-0.3, -0.25) is 4.90 Å². The second-order valence-corrected chi connectivity index (χ2v) is 7.40. The van der Waals surface area contributed by atoms with E-state index in [9.17, 15) is 0 Å². The smallest absolute Gasteiger partial charge is 0.0234 e. The molecule has 1 saturated carbocycles. The molecule has 1 aliphatic heterocycles. The average Bonchev–Trinajstić information content (AvgIpc) is 2.54. The molecule has 1 heterocycles. The van der Waals surface area contributed by atoms with Crippen LogP contribution < -0.4 is 5.73 Å². The van der Waals surface area contributed by atoms with E-state index in [1.54, 1.807) is 0 Å². The first kappa shape index (κ1) is 16.0. The van der Waals surface area contributed by atoms with E-state index in [0.29, 0.717) is 12.0 Å². The SMILES string of the molecule is CC1CCC(N)C(CN2CCN(Cc3ccccc3)CC2)C1. The zero-order valence-electron chi connectivity index (χ0n) is 14.0. The summed E-state index contributed by atoms with van der Waals surface area (Å²) in [5.41, 5.74) is 7.78. The molecule has 2 N–H and O–H groups in total. The molecule has 0 amide bonds. The number of hydrogen-bond donors (Lipinski definition) is 1. The van der Waals surface area contributed by atoms with Crippen LogP contribution in [0.2, 0.25) is 0 Å². The second-order valence-electron chi connectivity index (χ2n) is 7.40. The maximum absolute atomic E-state index is 6.35. The molecule has 0 spiro atoms. The van der Waals surface area contributed by atoms with Gasteiger partial charge < -0.3 is 10.6 Å². The van der Waals surface area contributed by atoms with Crippen molar-refractivity contribution >= 4 is 0 Å². The number of nitrogens with zero attached hydrogens (tertiary/aromatic N) is 2. The molecule has 1 aromatic rings. The zero-order valence-corrected chi connectivity index (χ0v) is 14.0. The first-order chi connectivity index (χ1) is 10.7. The highest BCUT2D eigenvalue weighted by atomic mass is 15.3. The lowest BCUT2D eigenvalue weighted by molar-refractivity contribution is 0.0937. The van der Waals surface area contributed by atoms with E-state index >= 15 is 0 Å². The van der Waals surface area contributed by atoms with Crippen LogP contribution >= 0.6 is 0 Å². The van der Waals surface area contributed by atoms with Gasteiger partial charge in [-0.25, -0.2) is 0 Å². The molecule has 2 aliphatic rings. The van der Waals surface area contributed by atoms with Crippen molar-refractivity contribution in [2.45, 2.75) is 38.8 Å². The molecule has 1 aliphatic carbocycles. The van der Waals surface area contributed by atoms with E-state index in [4.69, 9.17) is 5.73 Å². The Balaban J connectivity index is 1.43. The van der Waals surface area contributed by atoms with Gasteiger partial charge in [0.25, 0.3) is 0 Å². The predicted molar refractivity (Wildman–Crippen MR) is 92.6 cm³/mol. The summed E-state index contributed by atoms with van der Waals surface area (Å²) in [6.45, 7) is 9.46. The van der Waals surface area contributed by atoms with Crippen molar-refractivity contribution in [3.63, 3.8) is 0 Å². The van der Waals surface area contributed by atoms with Crippen LogP contribution in [0.3, 0.4) is 0 Å². The van der Waals surface area contributed by atoms with Gasteiger partial charge in [0.05, 0.1) is 0 Å². The monoisotopic (exact) mass is 301 g/mol. The fourth-order valence-electron chi connectivity index (χ4n) is 4.04. The maximum atomic E-state index is 6.35. The molecular formula is C19H31N3. The summed E-state index contributed by atoms with van der Waals surface area (Å²) >= 11 is 0. The minimum absolute atomic E-state index is 0.429. The average molecular weight is 301 g/mol. The normalized spacial score (nSPS) is 31.3. The molecule has 3 unspecified atom stereocenters. The van der Waals surface area contributed by atoms with Gasteiger partial charge in [-0.15, -0.1) is 0 Å². The molecule has 0 aromatic heterocycles. The highest BCUT2D eigenvalue weighted by Crippen LogP contribution is 2.28. The van der Waals surface area contributed by atoms with Gasteiger partial charge in [0, 0.05) is 45.3 Å². The third-order valence-corrected chi connectivity index (χ3v) is 5.51. The van der Waals surface area contributed by atoms with E-state index in [0.717, 1.165) is 12.5 Å². The van der Waals surface area contributed by atoms with Crippen molar-refractivity contribution in [2.24, 2.45) is 17.6 Å². The van der Waals surface area contributed by atoms with Crippen molar-refractivity contribution in [2.75, 3.05) is 32.7 Å². The van der Waals surface area contributed by atoms with Crippen molar-refractivity contribution in [1.29, 1.82) is 0 Å². The first-order valence-electron chi connectivity index (χ1n) is 8.95. The summed E-state index contributed by atoms with van der Waals surface area (Å²) in [6, 6.07) is 11.3. The van der Waals surface area contributed by atoms with Crippen LogP contribution in [0.5, 0.6) is 0 Å². The van der Waals surface area contributed by atoms with Crippen molar-refractivity contribution < 1.29 is 0 Å². The molecule has 3 rings (SSSR count). The van der Waals surface area contributed by atoms with Crippen molar-refractivity contribution in [3.8, 4) is 0 Å². The molecule has 0 bridgehead atoms. The lowest BCUT2D eigenvalue weighted by atomic mass is 9.79. The zero-order chi connectivity index (χ0) is 15.4. The summed E-state index contributed by atoms with van der Waals surface area (Å²) in [6.07, 6.45) is 3.87. The minimum atomic E-state index is 0.429. The molecule has 1 saturated heterocycles. The molecule has 3 nitrogen and oxygen atoms in total. The highest BCUT2D eigenvalue weighted by molar-refractivity contribution is 5.14. The van der Waals surface area contributed by atoms with Crippen LogP contribution in [0.15, 0.2) is 30.3 Å².